The highest BCUT2D eigenvalue weighted by Crippen LogP contribution is 2.35. The van der Waals surface area contributed by atoms with E-state index in [2.05, 4.69) is 36.3 Å². The van der Waals surface area contributed by atoms with Gasteiger partial charge in [-0.2, -0.15) is 0 Å². The number of carboxylic acids is 5. The number of nitrogens with zero attached hydrogens (tertiary/aromatic N) is 3. The first-order valence-corrected chi connectivity index (χ1v) is 43.2. The van der Waals surface area contributed by atoms with Crippen LogP contribution in [0.1, 0.15) is 197 Å². The van der Waals surface area contributed by atoms with Gasteiger partial charge in [0.1, 0.15) is 40.9 Å². The zero-order chi connectivity index (χ0) is 90.0. The zero-order valence-electron chi connectivity index (χ0n) is 69.0. The van der Waals surface area contributed by atoms with Crippen LogP contribution in [0.5, 0.6) is 5.75 Å². The topological polar surface area (TPSA) is 557 Å². The summed E-state index contributed by atoms with van der Waals surface area (Å²) in [5, 5.41) is 74.3. The molecule has 0 spiro atoms. The molecule has 7 amide bonds. The van der Waals surface area contributed by atoms with E-state index in [0.29, 0.717) is 30.4 Å². The average Bonchev–Trinajstić information content (AvgIpc) is 1.80. The molecule has 121 heavy (non-hydrogen) atoms. The fraction of sp³-hybridized carbons (Fsp3) is 0.593. The summed E-state index contributed by atoms with van der Waals surface area (Å²) in [5.74, 6) is -19.4. The lowest BCUT2D eigenvalue weighted by Gasteiger charge is -2.39. The monoisotopic (exact) mass is 1760 g/mol. The van der Waals surface area contributed by atoms with Crippen molar-refractivity contribution < 1.29 is 136 Å². The summed E-state index contributed by atoms with van der Waals surface area (Å²) in [5.41, 5.74) is 1.10. The highest BCUT2D eigenvalue weighted by Gasteiger charge is 2.41. The molecule has 3 aromatic rings. The first kappa shape index (κ1) is 103. The highest BCUT2D eigenvalue weighted by molar-refractivity contribution is 8.76. The molecular weight excluding hydrogens is 1640 g/mol. The van der Waals surface area contributed by atoms with Crippen molar-refractivity contribution in [3.05, 3.63) is 81.8 Å². The van der Waals surface area contributed by atoms with E-state index in [9.17, 15) is 107 Å². The van der Waals surface area contributed by atoms with Crippen molar-refractivity contribution in [2.75, 3.05) is 45.0 Å². The Labute approximate surface area is 712 Å². The van der Waals surface area contributed by atoms with Crippen LogP contribution in [0.2, 0.25) is 0 Å². The second kappa shape index (κ2) is 53.9. The van der Waals surface area contributed by atoms with Gasteiger partial charge in [-0.3, -0.25) is 72.0 Å². The fourth-order valence-corrected chi connectivity index (χ4v) is 16.2. The molecule has 1 saturated heterocycles. The molecule has 40 heteroatoms. The molecule has 1 aliphatic heterocycles. The van der Waals surface area contributed by atoms with E-state index >= 15 is 4.79 Å². The van der Waals surface area contributed by atoms with Crippen LogP contribution in [-0.2, 0) is 104 Å². The van der Waals surface area contributed by atoms with Gasteiger partial charge in [-0.15, -0.1) is 11.3 Å². The van der Waals surface area contributed by atoms with E-state index in [1.165, 1.54) is 29.3 Å². The summed E-state index contributed by atoms with van der Waals surface area (Å²) < 4.78 is 21.5. The van der Waals surface area contributed by atoms with Crippen molar-refractivity contribution in [2.24, 2.45) is 35.5 Å². The second-order valence-corrected chi connectivity index (χ2v) is 33.5. The SMILES string of the molecule is CCCC(=O)OCN(C(=O)[C@@H](CC(=O)[C@H]1CCCCN1C)C(C)CC)[C@H](CC(OC(C)=O)c1nc(C(=O)N[C@@H](Cc2ccc(O)cc2)C[C@H](C)C(=O)CNC(=O)OCCSSC[C@@H](CC(=O)[C@@H](Cc2ccccc2)NC(=O)[C@H](CC(=O)O)CC(=O)CC[C@H](NC(=O)CC[C@H](NC(=O)N[C@@H](CCC(=O)O)OC=O)C(=O)O)C(=O)O)C(=O)O)cs1)C(C)C. The summed E-state index contributed by atoms with van der Waals surface area (Å²) >= 11 is 1.03. The second-order valence-electron chi connectivity index (χ2n) is 30.0. The number of ketones is 4. The predicted molar refractivity (Wildman–Crippen MR) is 439 cm³/mol. The van der Waals surface area contributed by atoms with Crippen LogP contribution in [0.15, 0.2) is 60.0 Å². The summed E-state index contributed by atoms with van der Waals surface area (Å²) in [6.07, 6.45) is -5.90. The zero-order valence-corrected chi connectivity index (χ0v) is 71.5. The Hall–Kier alpha value is -10.6. The third-order valence-corrected chi connectivity index (χ3v) is 23.6. The van der Waals surface area contributed by atoms with Crippen molar-refractivity contribution in [2.45, 2.75) is 225 Å². The quantitative estimate of drug-likeness (QED) is 0.00687. The van der Waals surface area contributed by atoms with Crippen LogP contribution in [0.25, 0.3) is 0 Å². The van der Waals surface area contributed by atoms with Crippen LogP contribution in [0, 0.1) is 35.5 Å². The number of phenols is 1. The summed E-state index contributed by atoms with van der Waals surface area (Å²) in [4.78, 5) is 241. The Bertz CT molecular complexity index is 4000. The number of carbonyl (C=O) groups is 18. The average molecular weight is 1760 g/mol. The Balaban J connectivity index is 1.36. The first-order chi connectivity index (χ1) is 57.3. The molecule has 0 bridgehead atoms. The molecular formula is C81H113N9O28S3. The van der Waals surface area contributed by atoms with Crippen LogP contribution in [0.4, 0.5) is 9.59 Å². The molecule has 4 rings (SSSR count). The lowest BCUT2D eigenvalue weighted by Crippen LogP contribution is -2.50. The third kappa shape index (κ3) is 38.3. The van der Waals surface area contributed by atoms with Gasteiger partial charge in [0, 0.05) is 99.1 Å². The molecule has 2 heterocycles. The standard InChI is InChI=1S/C81H113N9O28S3/c1-9-16-72(103)116-44-90(76(106)57(47(5)10-2)39-65(96)62-19-14-15-30-89(62)8)63(46(3)4)40-67(118-49(7)92)75-86-61(43-119-75)74(105)83-54(34-51-20-22-55(93)23-21-51)33-48(6)66(97)41-82-81(114)115-31-32-120-121-42-53(77(107)108)37-64(95)60(35-50-17-12-11-13-18-50)85-73(104)52(38-71(101)102)36-56(94)24-25-58(78(109)110)84-68(98)27-26-59(79(111)112)87-80(113)88-69(117-45-91)28-29-70(99)100/h11-13,17-18,20-23,43,45-48,52-54,57-60,62-63,67,69,93H,9-10,14-16,19,24-42,44H2,1-8H3,(H,82,114)(H,83,105)(H,84,98)(H,85,104)(H,99,100)(H,101,102)(H,107,108)(H,109,110)(H,111,112)(H2,87,88,113)/t47?,48-,52-,53+,54+,57-,58-,59-,60+,62+,63+,67?,69+/m0/s1. The number of rotatable bonds is 59. The highest BCUT2D eigenvalue weighted by atomic mass is 33.1. The summed E-state index contributed by atoms with van der Waals surface area (Å²) in [7, 11) is 4.00. The third-order valence-electron chi connectivity index (χ3n) is 20.2. The van der Waals surface area contributed by atoms with Gasteiger partial charge in [-0.05, 0) is 100 Å². The number of likely N-dealkylation sites (tertiary alicyclic amines) is 1. The van der Waals surface area contributed by atoms with Crippen molar-refractivity contribution in [3.63, 3.8) is 0 Å². The summed E-state index contributed by atoms with van der Waals surface area (Å²) in [6, 6.07) is 6.22. The predicted octanol–water partition coefficient (Wildman–Crippen LogP) is 6.83. The molecule has 12 N–H and O–H groups in total. The fourth-order valence-electron chi connectivity index (χ4n) is 13.2. The van der Waals surface area contributed by atoms with Crippen LogP contribution >= 0.6 is 32.9 Å². The van der Waals surface area contributed by atoms with E-state index in [1.54, 1.807) is 49.4 Å². The molecule has 1 fully saturated rings. The number of urea groups is 1. The molecule has 0 radical (unpaired) electrons. The molecule has 668 valence electrons. The number of aromatic nitrogens is 1. The number of thiazole rings is 1. The van der Waals surface area contributed by atoms with Gasteiger partial charge in [-0.1, -0.05) is 118 Å². The van der Waals surface area contributed by atoms with Gasteiger partial charge in [-0.25, -0.2) is 24.2 Å². The van der Waals surface area contributed by atoms with Crippen molar-refractivity contribution in [1.29, 1.82) is 0 Å². The number of likely N-dealkylation sites (N-methyl/N-ethyl adjacent to an activating group) is 1. The van der Waals surface area contributed by atoms with Gasteiger partial charge in [0.25, 0.3) is 12.4 Å². The van der Waals surface area contributed by atoms with Gasteiger partial charge in [0.05, 0.1) is 43.3 Å². The number of aliphatic carboxylic acids is 5. The lowest BCUT2D eigenvalue weighted by molar-refractivity contribution is -0.162. The largest absolute Gasteiger partial charge is 0.508 e. The number of alkyl carbamates (subject to hydrolysis) is 1. The molecule has 0 aliphatic carbocycles. The van der Waals surface area contributed by atoms with Crippen LogP contribution in [0.3, 0.4) is 0 Å². The number of aromatic hydroxyl groups is 1. The molecule has 2 unspecified atom stereocenters. The maximum atomic E-state index is 15.1. The molecule has 13 atom stereocenters. The lowest BCUT2D eigenvalue weighted by atomic mass is 9.82. The van der Waals surface area contributed by atoms with E-state index in [0.717, 1.165) is 52.3 Å². The molecule has 2 aromatic carbocycles. The Kier molecular flexibility index (Phi) is 45.8. The first-order valence-electron chi connectivity index (χ1n) is 39.9. The van der Waals surface area contributed by atoms with Crippen molar-refractivity contribution >= 4 is 140 Å². The number of nitrogens with one attached hydrogen (secondary N) is 6. The number of hydrogen-bond donors (Lipinski definition) is 12. The maximum absolute atomic E-state index is 15.1. The Morgan fingerprint density at radius 2 is 1.36 bits per heavy atom. The summed E-state index contributed by atoms with van der Waals surface area (Å²) in [6.45, 7) is 11.7. The van der Waals surface area contributed by atoms with Gasteiger partial charge < -0.3 is 86.4 Å². The Morgan fingerprint density at radius 3 is 1.97 bits per heavy atom. The minimum atomic E-state index is -1.78. The smallest absolute Gasteiger partial charge is 0.407 e. The number of piperidine rings is 1. The van der Waals surface area contributed by atoms with Crippen LogP contribution in [-0.4, -0.2) is 240 Å². The van der Waals surface area contributed by atoms with Gasteiger partial charge >= 0.3 is 53.9 Å². The number of phenolic OH excluding ortho intramolecular Hbond substituents is 1. The molecule has 0 saturated carbocycles. The number of hydrogen-bond acceptors (Lipinski definition) is 28. The Morgan fingerprint density at radius 1 is 0.686 bits per heavy atom. The number of esters is 2. The van der Waals surface area contributed by atoms with Gasteiger partial charge in [0.15, 0.2) is 36.4 Å². The minimum Gasteiger partial charge on any atom is -0.508 e. The van der Waals surface area contributed by atoms with E-state index < -0.39 is 226 Å². The number of carboxylic acid groups (broad SMARTS) is 5. The van der Waals surface area contributed by atoms with E-state index in [-0.39, 0.29) is 110 Å². The number of ether oxygens (including phenoxy) is 4. The maximum Gasteiger partial charge on any atom is 0.407 e. The van der Waals surface area contributed by atoms with Crippen molar-refractivity contribution in [1.82, 2.24) is 46.7 Å². The minimum absolute atomic E-state index is 0.0179. The molecule has 37 nitrogen and oxygen atoms in total. The molecule has 1 aliphatic rings. The van der Waals surface area contributed by atoms with Crippen molar-refractivity contribution in [3.8, 4) is 5.75 Å². The number of amides is 7. The van der Waals surface area contributed by atoms with Crippen LogP contribution < -0.4 is 31.9 Å². The number of Topliss-reactive ketones (excluding diaryl/α,β-unsaturated/α-hetero) is 4. The number of benzene rings is 2. The normalized spacial score (nSPS) is 15.6. The number of carbonyl (C=O) groups excluding carboxylic acids is 13. The molecule has 1 aromatic heterocycles. The van der Waals surface area contributed by atoms with E-state index in [1.807, 2.05) is 51.9 Å². The van der Waals surface area contributed by atoms with Gasteiger partial charge in [0.2, 0.25) is 17.7 Å². The van der Waals surface area contributed by atoms with E-state index in [4.69, 9.17) is 19.3 Å².